The Labute approximate surface area is 122 Å². The van der Waals surface area contributed by atoms with Crippen LogP contribution in [-0.2, 0) is 14.2 Å². The number of rotatable bonds is 14. The topological polar surface area (TPSA) is 47.9 Å². The molecule has 0 spiro atoms. The Kier molecular flexibility index (Phi) is 14.7. The van der Waals surface area contributed by atoms with Crippen LogP contribution in [-0.4, -0.2) is 61.9 Å². The fourth-order valence-corrected chi connectivity index (χ4v) is 2.08. The quantitative estimate of drug-likeness (QED) is 0.498. The number of ether oxygens (including phenoxy) is 3. The highest BCUT2D eigenvalue weighted by Gasteiger charge is 2.07. The number of hydrogen-bond acceptors (Lipinski definition) is 5. The first-order chi connectivity index (χ1) is 9.18. The van der Waals surface area contributed by atoms with Gasteiger partial charge < -0.3 is 19.3 Å². The van der Waals surface area contributed by atoms with Gasteiger partial charge in [-0.3, -0.25) is 0 Å². The molecule has 1 N–H and O–H groups in total. The van der Waals surface area contributed by atoms with Gasteiger partial charge in [0.05, 0.1) is 39.1 Å². The van der Waals surface area contributed by atoms with Crippen LogP contribution < -0.4 is 0 Å². The summed E-state index contributed by atoms with van der Waals surface area (Å²) in [6.07, 6.45) is 2.02. The van der Waals surface area contributed by atoms with Crippen molar-refractivity contribution in [2.45, 2.75) is 45.0 Å². The first-order valence-electron chi connectivity index (χ1n) is 7.21. The SMILES string of the molecule is CCCCOCCOCCOCCSC(C)C(C)O. The molecule has 19 heavy (non-hydrogen) atoms. The molecule has 0 aromatic carbocycles. The zero-order valence-corrected chi connectivity index (χ0v) is 13.4. The second-order valence-corrected chi connectivity index (χ2v) is 5.99. The lowest BCUT2D eigenvalue weighted by Gasteiger charge is -2.13. The second-order valence-electron chi connectivity index (χ2n) is 4.51. The third kappa shape index (κ3) is 14.4. The Balaban J connectivity index is 3.03. The Bertz CT molecular complexity index is 179. The highest BCUT2D eigenvalue weighted by Crippen LogP contribution is 2.13. The zero-order valence-electron chi connectivity index (χ0n) is 12.6. The molecule has 4 nitrogen and oxygen atoms in total. The van der Waals surface area contributed by atoms with Gasteiger partial charge in [-0.1, -0.05) is 20.3 Å². The molecule has 5 heteroatoms. The van der Waals surface area contributed by atoms with Gasteiger partial charge in [0.2, 0.25) is 0 Å². The van der Waals surface area contributed by atoms with Crippen molar-refractivity contribution >= 4 is 11.8 Å². The predicted molar refractivity (Wildman–Crippen MR) is 81.0 cm³/mol. The molecule has 0 aromatic rings. The highest BCUT2D eigenvalue weighted by atomic mass is 32.2. The summed E-state index contributed by atoms with van der Waals surface area (Å²) < 4.78 is 16.2. The molecule has 0 amide bonds. The first kappa shape index (κ1) is 19.2. The second kappa shape index (κ2) is 14.6. The van der Waals surface area contributed by atoms with Crippen molar-refractivity contribution in [1.29, 1.82) is 0 Å². The molecule has 0 aliphatic carbocycles. The standard InChI is InChI=1S/C14H30O4S/c1-4-5-6-16-7-8-17-9-10-18-11-12-19-14(3)13(2)15/h13-15H,4-12H2,1-3H3. The van der Waals surface area contributed by atoms with Crippen molar-refractivity contribution in [3.63, 3.8) is 0 Å². The summed E-state index contributed by atoms with van der Waals surface area (Å²) in [6, 6.07) is 0. The maximum atomic E-state index is 9.30. The van der Waals surface area contributed by atoms with E-state index in [1.165, 1.54) is 6.42 Å². The monoisotopic (exact) mass is 294 g/mol. The molecule has 0 fully saturated rings. The minimum absolute atomic E-state index is 0.263. The van der Waals surface area contributed by atoms with Crippen molar-refractivity contribution in [3.8, 4) is 0 Å². The van der Waals surface area contributed by atoms with E-state index in [4.69, 9.17) is 14.2 Å². The van der Waals surface area contributed by atoms with Gasteiger partial charge in [-0.05, 0) is 13.3 Å². The molecule has 0 heterocycles. The smallest absolute Gasteiger partial charge is 0.0701 e. The van der Waals surface area contributed by atoms with E-state index < -0.39 is 0 Å². The summed E-state index contributed by atoms with van der Waals surface area (Å²) in [5.41, 5.74) is 0. The van der Waals surface area contributed by atoms with Crippen LogP contribution >= 0.6 is 11.8 Å². The first-order valence-corrected chi connectivity index (χ1v) is 8.26. The van der Waals surface area contributed by atoms with Crippen molar-refractivity contribution < 1.29 is 19.3 Å². The van der Waals surface area contributed by atoms with Crippen LogP contribution in [0.1, 0.15) is 33.6 Å². The summed E-state index contributed by atoms with van der Waals surface area (Å²) in [6.45, 7) is 10.1. The maximum Gasteiger partial charge on any atom is 0.0701 e. The molecular formula is C14H30O4S. The Hall–Kier alpha value is 0.190. The van der Waals surface area contributed by atoms with Gasteiger partial charge in [0.25, 0.3) is 0 Å². The molecule has 0 aromatic heterocycles. The number of hydrogen-bond donors (Lipinski definition) is 1. The molecule has 116 valence electrons. The molecule has 0 aliphatic heterocycles. The van der Waals surface area contributed by atoms with Crippen molar-refractivity contribution in [2.75, 3.05) is 45.4 Å². The van der Waals surface area contributed by atoms with Crippen molar-refractivity contribution in [1.82, 2.24) is 0 Å². The lowest BCUT2D eigenvalue weighted by molar-refractivity contribution is 0.0169. The van der Waals surface area contributed by atoms with Crippen LogP contribution in [0.4, 0.5) is 0 Å². The number of unbranched alkanes of at least 4 members (excludes halogenated alkanes) is 1. The van der Waals surface area contributed by atoms with Crippen molar-refractivity contribution in [3.05, 3.63) is 0 Å². The van der Waals surface area contributed by atoms with E-state index in [1.807, 2.05) is 13.8 Å². The van der Waals surface area contributed by atoms with Gasteiger partial charge in [-0.15, -0.1) is 0 Å². The normalized spacial score (nSPS) is 14.5. The lowest BCUT2D eigenvalue weighted by Crippen LogP contribution is -2.17. The number of aliphatic hydroxyl groups is 1. The van der Waals surface area contributed by atoms with Gasteiger partial charge >= 0.3 is 0 Å². The fourth-order valence-electron chi connectivity index (χ4n) is 1.22. The molecule has 0 rings (SSSR count). The minimum Gasteiger partial charge on any atom is -0.392 e. The summed E-state index contributed by atoms with van der Waals surface area (Å²) in [4.78, 5) is 0. The van der Waals surface area contributed by atoms with Gasteiger partial charge in [0.15, 0.2) is 0 Å². The van der Waals surface area contributed by atoms with E-state index in [-0.39, 0.29) is 11.4 Å². The van der Waals surface area contributed by atoms with Gasteiger partial charge in [-0.25, -0.2) is 0 Å². The van der Waals surface area contributed by atoms with E-state index in [9.17, 15) is 5.11 Å². The Morgan fingerprint density at radius 1 is 0.895 bits per heavy atom. The van der Waals surface area contributed by atoms with Gasteiger partial charge in [-0.2, -0.15) is 11.8 Å². The van der Waals surface area contributed by atoms with E-state index >= 15 is 0 Å². The molecule has 0 saturated carbocycles. The van der Waals surface area contributed by atoms with Crippen LogP contribution in [0.3, 0.4) is 0 Å². The van der Waals surface area contributed by atoms with E-state index in [1.54, 1.807) is 11.8 Å². The van der Waals surface area contributed by atoms with E-state index in [0.717, 1.165) is 18.8 Å². The van der Waals surface area contributed by atoms with Crippen LogP contribution in [0.15, 0.2) is 0 Å². The molecular weight excluding hydrogens is 264 g/mol. The molecule has 0 bridgehead atoms. The lowest BCUT2D eigenvalue weighted by atomic mass is 10.3. The summed E-state index contributed by atoms with van der Waals surface area (Å²) in [5, 5.41) is 9.57. The van der Waals surface area contributed by atoms with Crippen LogP contribution in [0.5, 0.6) is 0 Å². The molecule has 0 saturated heterocycles. The summed E-state index contributed by atoms with van der Waals surface area (Å²) >= 11 is 1.73. The van der Waals surface area contributed by atoms with Crippen LogP contribution in [0.25, 0.3) is 0 Å². The Morgan fingerprint density at radius 2 is 1.42 bits per heavy atom. The van der Waals surface area contributed by atoms with Crippen molar-refractivity contribution in [2.24, 2.45) is 0 Å². The Morgan fingerprint density at radius 3 is 1.95 bits per heavy atom. The molecule has 0 radical (unpaired) electrons. The zero-order chi connectivity index (χ0) is 14.3. The molecule has 2 atom stereocenters. The predicted octanol–water partition coefficient (Wildman–Crippen LogP) is 2.34. The minimum atomic E-state index is -0.263. The summed E-state index contributed by atoms with van der Waals surface area (Å²) in [7, 11) is 0. The number of thioether (sulfide) groups is 1. The van der Waals surface area contributed by atoms with Crippen LogP contribution in [0, 0.1) is 0 Å². The third-order valence-corrected chi connectivity index (χ3v) is 4.00. The van der Waals surface area contributed by atoms with Gasteiger partial charge in [0, 0.05) is 17.6 Å². The third-order valence-electron chi connectivity index (χ3n) is 2.67. The van der Waals surface area contributed by atoms with Gasteiger partial charge in [0.1, 0.15) is 0 Å². The fraction of sp³-hybridized carbons (Fsp3) is 1.00. The largest absolute Gasteiger partial charge is 0.392 e. The maximum absolute atomic E-state index is 9.30. The number of aliphatic hydroxyl groups excluding tert-OH is 1. The average molecular weight is 294 g/mol. The van der Waals surface area contributed by atoms with Crippen LogP contribution in [0.2, 0.25) is 0 Å². The van der Waals surface area contributed by atoms with E-state index in [0.29, 0.717) is 33.0 Å². The van der Waals surface area contributed by atoms with E-state index in [2.05, 4.69) is 6.92 Å². The molecule has 0 aliphatic rings. The summed E-state index contributed by atoms with van der Waals surface area (Å²) in [5.74, 6) is 0.909. The average Bonchev–Trinajstić information content (AvgIpc) is 2.39. The molecule has 2 unspecified atom stereocenters. The highest BCUT2D eigenvalue weighted by molar-refractivity contribution is 7.99.